The fraction of sp³-hybridized carbons (Fsp3) is 0.423. The number of amides is 1. The van der Waals surface area contributed by atoms with Gasteiger partial charge in [-0.15, -0.1) is 11.3 Å². The Labute approximate surface area is 226 Å². The minimum absolute atomic E-state index is 0.0502. The van der Waals surface area contributed by atoms with E-state index >= 15 is 0 Å². The molecule has 204 valence electrons. The molecule has 3 N–H and O–H groups in total. The first-order chi connectivity index (χ1) is 17.7. The Hall–Kier alpha value is -3.25. The van der Waals surface area contributed by atoms with Gasteiger partial charge in [0.05, 0.1) is 17.9 Å². The van der Waals surface area contributed by atoms with Crippen LogP contribution in [0, 0.1) is 17.7 Å². The Morgan fingerprint density at radius 2 is 2.03 bits per heavy atom. The summed E-state index contributed by atoms with van der Waals surface area (Å²) in [7, 11) is -4.24. The first kappa shape index (κ1) is 27.8. The molecule has 3 heterocycles. The third-order valence-corrected chi connectivity index (χ3v) is 8.76. The summed E-state index contributed by atoms with van der Waals surface area (Å²) in [6, 6.07) is 7.45. The van der Waals surface area contributed by atoms with Crippen LogP contribution in [0.25, 0.3) is 11.3 Å². The minimum atomic E-state index is -4.24. The third kappa shape index (κ3) is 6.07. The van der Waals surface area contributed by atoms with Crippen molar-refractivity contribution in [3.63, 3.8) is 0 Å². The molecule has 1 atom stereocenters. The van der Waals surface area contributed by atoms with E-state index in [4.69, 9.17) is 15.5 Å². The molecule has 1 aliphatic rings. The summed E-state index contributed by atoms with van der Waals surface area (Å²) in [6.07, 6.45) is 0.851. The number of thiazole rings is 1. The zero-order chi connectivity index (χ0) is 27.8. The van der Waals surface area contributed by atoms with Crippen LogP contribution in [0.5, 0.6) is 5.75 Å². The minimum Gasteiger partial charge on any atom is -0.493 e. The van der Waals surface area contributed by atoms with Crippen molar-refractivity contribution in [3.05, 3.63) is 47.1 Å². The summed E-state index contributed by atoms with van der Waals surface area (Å²) < 4.78 is 47.6. The van der Waals surface area contributed by atoms with Gasteiger partial charge in [-0.05, 0) is 56.4 Å². The molecule has 0 bridgehead atoms. The number of anilines is 2. The number of hydrogen-bond donors (Lipinski definition) is 2. The second kappa shape index (κ2) is 10.5. The monoisotopic (exact) mass is 561 g/mol. The van der Waals surface area contributed by atoms with Crippen molar-refractivity contribution >= 4 is 38.9 Å². The SMILES string of the molecule is CC(C)COc1cc(F)cc(-c2ccc(C(=O)NS(=O)(=O)c3nc(N)cs3)c(N3CC(C)CC3(C)C)n2)c1. The number of nitrogens with one attached hydrogen (secondary N) is 1. The summed E-state index contributed by atoms with van der Waals surface area (Å²) >= 11 is 0.819. The van der Waals surface area contributed by atoms with Crippen molar-refractivity contribution in [1.82, 2.24) is 14.7 Å². The van der Waals surface area contributed by atoms with E-state index in [-0.39, 0.29) is 27.2 Å². The molecule has 1 unspecified atom stereocenters. The number of sulfonamides is 1. The fourth-order valence-corrected chi connectivity index (χ4v) is 6.50. The zero-order valence-corrected chi connectivity index (χ0v) is 23.6. The second-order valence-electron chi connectivity index (χ2n) is 10.7. The lowest BCUT2D eigenvalue weighted by Gasteiger charge is -2.34. The smallest absolute Gasteiger partial charge is 0.291 e. The maximum atomic E-state index is 14.5. The van der Waals surface area contributed by atoms with Gasteiger partial charge in [0.1, 0.15) is 23.2 Å². The van der Waals surface area contributed by atoms with E-state index in [0.717, 1.165) is 17.8 Å². The molecule has 0 radical (unpaired) electrons. The van der Waals surface area contributed by atoms with Crippen molar-refractivity contribution in [2.24, 2.45) is 11.8 Å². The lowest BCUT2D eigenvalue weighted by molar-refractivity contribution is 0.0981. The molecule has 1 saturated heterocycles. The third-order valence-electron chi connectivity index (χ3n) is 6.16. The van der Waals surface area contributed by atoms with Crippen molar-refractivity contribution in [2.75, 3.05) is 23.8 Å². The van der Waals surface area contributed by atoms with E-state index in [1.165, 1.54) is 23.6 Å². The first-order valence-corrected chi connectivity index (χ1v) is 14.6. The van der Waals surface area contributed by atoms with Crippen LogP contribution in [0.3, 0.4) is 0 Å². The van der Waals surface area contributed by atoms with Crippen LogP contribution >= 0.6 is 11.3 Å². The molecule has 12 heteroatoms. The number of carbonyl (C=O) groups excluding carboxylic acids is 1. The van der Waals surface area contributed by atoms with Gasteiger partial charge in [-0.2, -0.15) is 8.42 Å². The summed E-state index contributed by atoms with van der Waals surface area (Å²) in [5.41, 5.74) is 6.20. The Bertz CT molecular complexity index is 1460. The lowest BCUT2D eigenvalue weighted by Crippen LogP contribution is -2.41. The predicted molar refractivity (Wildman–Crippen MR) is 146 cm³/mol. The van der Waals surface area contributed by atoms with Gasteiger partial charge in [0.15, 0.2) is 0 Å². The van der Waals surface area contributed by atoms with E-state index in [1.54, 1.807) is 12.1 Å². The van der Waals surface area contributed by atoms with E-state index in [9.17, 15) is 17.6 Å². The van der Waals surface area contributed by atoms with Gasteiger partial charge in [0.25, 0.3) is 15.9 Å². The van der Waals surface area contributed by atoms with Crippen molar-refractivity contribution in [2.45, 2.75) is 50.9 Å². The first-order valence-electron chi connectivity index (χ1n) is 12.3. The van der Waals surface area contributed by atoms with Crippen molar-refractivity contribution in [1.29, 1.82) is 0 Å². The number of rotatable bonds is 8. The molecule has 0 spiro atoms. The molecule has 1 aromatic carbocycles. The van der Waals surface area contributed by atoms with Gasteiger partial charge in [-0.25, -0.2) is 19.1 Å². The van der Waals surface area contributed by atoms with Crippen molar-refractivity contribution < 1.29 is 22.3 Å². The quantitative estimate of drug-likeness (QED) is 0.405. The summed E-state index contributed by atoms with van der Waals surface area (Å²) in [5.74, 6) is 0.00663. The highest BCUT2D eigenvalue weighted by atomic mass is 32.2. The highest BCUT2D eigenvalue weighted by molar-refractivity contribution is 7.92. The molecule has 2 aromatic heterocycles. The molecule has 0 saturated carbocycles. The van der Waals surface area contributed by atoms with E-state index in [0.29, 0.717) is 41.9 Å². The zero-order valence-electron chi connectivity index (χ0n) is 22.0. The van der Waals surface area contributed by atoms with E-state index in [2.05, 4.69) is 16.6 Å². The number of hydrogen-bond acceptors (Lipinski definition) is 9. The Morgan fingerprint density at radius 1 is 1.29 bits per heavy atom. The fourth-order valence-electron chi connectivity index (χ4n) is 4.62. The highest BCUT2D eigenvalue weighted by Crippen LogP contribution is 2.38. The molecule has 1 amide bonds. The number of ether oxygens (including phenoxy) is 1. The summed E-state index contributed by atoms with van der Waals surface area (Å²) in [5, 5.41) is 1.38. The van der Waals surface area contributed by atoms with E-state index < -0.39 is 21.7 Å². The molecule has 1 aliphatic heterocycles. The average molecular weight is 562 g/mol. The Morgan fingerprint density at radius 3 is 2.63 bits per heavy atom. The molecule has 1 fully saturated rings. The van der Waals surface area contributed by atoms with Crippen LogP contribution in [0.4, 0.5) is 16.0 Å². The number of nitrogens with two attached hydrogens (primary N) is 1. The van der Waals surface area contributed by atoms with Gasteiger partial charge < -0.3 is 15.4 Å². The number of nitrogens with zero attached hydrogens (tertiary/aromatic N) is 3. The van der Waals surface area contributed by atoms with E-state index in [1.807, 2.05) is 32.6 Å². The van der Waals surface area contributed by atoms with Crippen LogP contribution in [-0.4, -0.2) is 43.0 Å². The van der Waals surface area contributed by atoms with Crippen LogP contribution in [-0.2, 0) is 10.0 Å². The molecule has 38 heavy (non-hydrogen) atoms. The average Bonchev–Trinajstić information content (AvgIpc) is 3.38. The largest absolute Gasteiger partial charge is 0.493 e. The lowest BCUT2D eigenvalue weighted by atomic mass is 9.97. The standard InChI is InChI=1S/C26H32FN5O4S2/c1-15(2)13-36-19-9-17(8-18(27)10-19)21-7-6-20(23(29-21)32-12-16(3)11-26(32,4)5)24(33)31-38(34,35)25-30-22(28)14-37-25/h6-10,14-16H,11-13,28H2,1-5H3,(H,31,33). The highest BCUT2D eigenvalue weighted by Gasteiger charge is 2.39. The number of aromatic nitrogens is 2. The number of nitrogen functional groups attached to an aromatic ring is 1. The van der Waals surface area contributed by atoms with Gasteiger partial charge in [0.2, 0.25) is 4.34 Å². The normalized spacial score (nSPS) is 17.1. The summed E-state index contributed by atoms with van der Waals surface area (Å²) in [4.78, 5) is 23.9. The number of halogens is 1. The van der Waals surface area contributed by atoms with Gasteiger partial charge in [-0.3, -0.25) is 4.79 Å². The number of benzene rings is 1. The van der Waals surface area contributed by atoms with Crippen molar-refractivity contribution in [3.8, 4) is 17.0 Å². The van der Waals surface area contributed by atoms with Crippen LogP contribution in [0.15, 0.2) is 40.1 Å². The number of pyridine rings is 1. The van der Waals surface area contributed by atoms with Crippen LogP contribution < -0.4 is 20.1 Å². The van der Waals surface area contributed by atoms with Crippen LogP contribution in [0.1, 0.15) is 51.4 Å². The Balaban J connectivity index is 1.76. The molecule has 9 nitrogen and oxygen atoms in total. The topological polar surface area (TPSA) is 128 Å². The molecule has 4 rings (SSSR count). The van der Waals surface area contributed by atoms with Gasteiger partial charge in [-0.1, -0.05) is 20.8 Å². The molecular weight excluding hydrogens is 529 g/mol. The van der Waals surface area contributed by atoms with Gasteiger partial charge in [0, 0.05) is 29.1 Å². The number of carbonyl (C=O) groups is 1. The van der Waals surface area contributed by atoms with Gasteiger partial charge >= 0.3 is 0 Å². The second-order valence-corrected chi connectivity index (χ2v) is 13.4. The maximum absolute atomic E-state index is 14.5. The predicted octanol–water partition coefficient (Wildman–Crippen LogP) is 4.70. The molecular formula is C26H32FN5O4S2. The van der Waals surface area contributed by atoms with Crippen LogP contribution in [0.2, 0.25) is 0 Å². The summed E-state index contributed by atoms with van der Waals surface area (Å²) in [6.45, 7) is 11.2. The maximum Gasteiger partial charge on any atom is 0.291 e. The molecule has 3 aromatic rings. The molecule has 0 aliphatic carbocycles. The Kier molecular flexibility index (Phi) is 7.67.